The van der Waals surface area contributed by atoms with Crippen LogP contribution in [0.3, 0.4) is 0 Å². The highest BCUT2D eigenvalue weighted by molar-refractivity contribution is 5.39. The Labute approximate surface area is 113 Å². The van der Waals surface area contributed by atoms with Crippen LogP contribution in [-0.4, -0.2) is 28.0 Å². The Bertz CT molecular complexity index is 486. The highest BCUT2D eigenvalue weighted by Crippen LogP contribution is 2.06. The third-order valence-electron chi connectivity index (χ3n) is 2.66. The fourth-order valence-electron chi connectivity index (χ4n) is 1.66. The number of nitrogens with one attached hydrogen (secondary N) is 2. The van der Waals surface area contributed by atoms with Gasteiger partial charge in [0.15, 0.2) is 0 Å². The van der Waals surface area contributed by atoms with Gasteiger partial charge in [0.1, 0.15) is 5.82 Å². The summed E-state index contributed by atoms with van der Waals surface area (Å²) in [6.07, 6.45) is 7.40. The van der Waals surface area contributed by atoms with Crippen molar-refractivity contribution in [2.45, 2.75) is 19.8 Å². The Hall–Kier alpha value is -2.17. The van der Waals surface area contributed by atoms with E-state index in [1.807, 2.05) is 30.6 Å². The van der Waals surface area contributed by atoms with Crippen molar-refractivity contribution in [3.63, 3.8) is 0 Å². The predicted molar refractivity (Wildman–Crippen MR) is 77.2 cm³/mol. The zero-order valence-electron chi connectivity index (χ0n) is 11.1. The first-order valence-electron chi connectivity index (χ1n) is 6.58. The van der Waals surface area contributed by atoms with Gasteiger partial charge in [-0.3, -0.25) is 4.98 Å². The molecule has 0 aliphatic rings. The summed E-state index contributed by atoms with van der Waals surface area (Å²) >= 11 is 0. The number of pyridine rings is 1. The minimum atomic E-state index is 0.677. The topological polar surface area (TPSA) is 62.7 Å². The Balaban J connectivity index is 1.82. The van der Waals surface area contributed by atoms with E-state index in [1.54, 1.807) is 6.20 Å². The molecule has 0 aliphatic carbocycles. The molecule has 2 aromatic heterocycles. The summed E-state index contributed by atoms with van der Waals surface area (Å²) in [5.74, 6) is 1.53. The van der Waals surface area contributed by atoms with Crippen molar-refractivity contribution in [3.8, 4) is 0 Å². The summed E-state index contributed by atoms with van der Waals surface area (Å²) in [6, 6.07) is 5.93. The summed E-state index contributed by atoms with van der Waals surface area (Å²) in [5.41, 5.74) is 1.26. The van der Waals surface area contributed by atoms with Gasteiger partial charge < -0.3 is 10.6 Å². The molecule has 0 atom stereocenters. The van der Waals surface area contributed by atoms with Crippen molar-refractivity contribution >= 4 is 11.8 Å². The molecule has 2 heterocycles. The standard InChI is InChI=1S/C14H19N5/c1-2-7-17-14-18-11-6-13(19-14)16-10-5-12-3-8-15-9-4-12/h3-4,6,8-9,11H,2,5,7,10H2,1H3,(H2,16,17,18,19). The molecule has 2 aromatic rings. The molecule has 5 heteroatoms. The van der Waals surface area contributed by atoms with Crippen molar-refractivity contribution in [2.24, 2.45) is 0 Å². The van der Waals surface area contributed by atoms with Gasteiger partial charge >= 0.3 is 0 Å². The molecule has 0 radical (unpaired) electrons. The van der Waals surface area contributed by atoms with Crippen molar-refractivity contribution in [2.75, 3.05) is 23.7 Å². The second-order valence-corrected chi connectivity index (χ2v) is 4.22. The Kier molecular flexibility index (Phi) is 5.10. The smallest absolute Gasteiger partial charge is 0.224 e. The number of nitrogens with zero attached hydrogens (tertiary/aromatic N) is 3. The van der Waals surface area contributed by atoms with Crippen LogP contribution in [0.4, 0.5) is 11.8 Å². The van der Waals surface area contributed by atoms with E-state index >= 15 is 0 Å². The van der Waals surface area contributed by atoms with E-state index in [0.717, 1.165) is 31.7 Å². The summed E-state index contributed by atoms with van der Waals surface area (Å²) in [6.45, 7) is 3.85. The van der Waals surface area contributed by atoms with Crippen LogP contribution < -0.4 is 10.6 Å². The van der Waals surface area contributed by atoms with Crippen LogP contribution >= 0.6 is 0 Å². The fourth-order valence-corrected chi connectivity index (χ4v) is 1.66. The van der Waals surface area contributed by atoms with E-state index in [4.69, 9.17) is 0 Å². The van der Waals surface area contributed by atoms with Crippen molar-refractivity contribution in [1.82, 2.24) is 15.0 Å². The van der Waals surface area contributed by atoms with Crippen LogP contribution in [0.15, 0.2) is 36.8 Å². The van der Waals surface area contributed by atoms with Gasteiger partial charge in [0, 0.05) is 31.7 Å². The lowest BCUT2D eigenvalue weighted by Gasteiger charge is -2.07. The number of hydrogen-bond donors (Lipinski definition) is 2. The maximum atomic E-state index is 4.40. The second kappa shape index (κ2) is 7.31. The van der Waals surface area contributed by atoms with Crippen LogP contribution in [0, 0.1) is 0 Å². The molecule has 0 saturated heterocycles. The van der Waals surface area contributed by atoms with E-state index < -0.39 is 0 Å². The largest absolute Gasteiger partial charge is 0.370 e. The number of anilines is 2. The monoisotopic (exact) mass is 257 g/mol. The van der Waals surface area contributed by atoms with Crippen LogP contribution in [0.25, 0.3) is 0 Å². The van der Waals surface area contributed by atoms with E-state index in [2.05, 4.69) is 32.5 Å². The average molecular weight is 257 g/mol. The average Bonchev–Trinajstić information content (AvgIpc) is 2.47. The predicted octanol–water partition coefficient (Wildman–Crippen LogP) is 2.35. The summed E-state index contributed by atoms with van der Waals surface area (Å²) in [5, 5.41) is 6.47. The molecular weight excluding hydrogens is 238 g/mol. The van der Waals surface area contributed by atoms with Gasteiger partial charge in [-0.25, -0.2) is 4.98 Å². The van der Waals surface area contributed by atoms with Gasteiger partial charge in [-0.2, -0.15) is 4.98 Å². The summed E-state index contributed by atoms with van der Waals surface area (Å²) < 4.78 is 0. The lowest BCUT2D eigenvalue weighted by molar-refractivity contribution is 0.946. The van der Waals surface area contributed by atoms with Gasteiger partial charge in [0.25, 0.3) is 0 Å². The lowest BCUT2D eigenvalue weighted by Crippen LogP contribution is -2.09. The first kappa shape index (κ1) is 13.3. The molecule has 0 unspecified atom stereocenters. The lowest BCUT2D eigenvalue weighted by atomic mass is 10.2. The van der Waals surface area contributed by atoms with Gasteiger partial charge in [-0.1, -0.05) is 6.92 Å². The van der Waals surface area contributed by atoms with E-state index in [9.17, 15) is 0 Å². The normalized spacial score (nSPS) is 10.2. The molecule has 0 fully saturated rings. The first-order valence-corrected chi connectivity index (χ1v) is 6.58. The van der Waals surface area contributed by atoms with Crippen LogP contribution in [0.1, 0.15) is 18.9 Å². The zero-order chi connectivity index (χ0) is 13.3. The number of aromatic nitrogens is 3. The molecule has 0 spiro atoms. The summed E-state index contributed by atoms with van der Waals surface area (Å²) in [7, 11) is 0. The van der Waals surface area contributed by atoms with Gasteiger partial charge in [-0.15, -0.1) is 0 Å². The quantitative estimate of drug-likeness (QED) is 0.797. The molecule has 5 nitrogen and oxygen atoms in total. The Morgan fingerprint density at radius 3 is 2.63 bits per heavy atom. The third-order valence-corrected chi connectivity index (χ3v) is 2.66. The second-order valence-electron chi connectivity index (χ2n) is 4.22. The van der Waals surface area contributed by atoms with Crippen molar-refractivity contribution in [3.05, 3.63) is 42.4 Å². The molecule has 0 aliphatic heterocycles. The molecule has 0 bridgehead atoms. The van der Waals surface area contributed by atoms with E-state index in [1.165, 1.54) is 5.56 Å². The summed E-state index contributed by atoms with van der Waals surface area (Å²) in [4.78, 5) is 12.6. The zero-order valence-corrected chi connectivity index (χ0v) is 11.1. The van der Waals surface area contributed by atoms with Gasteiger partial charge in [0.05, 0.1) is 0 Å². The van der Waals surface area contributed by atoms with Crippen LogP contribution in [0.2, 0.25) is 0 Å². The molecule has 0 saturated carbocycles. The van der Waals surface area contributed by atoms with Crippen molar-refractivity contribution in [1.29, 1.82) is 0 Å². The molecule has 2 N–H and O–H groups in total. The van der Waals surface area contributed by atoms with Crippen LogP contribution in [0.5, 0.6) is 0 Å². The molecule has 100 valence electrons. The van der Waals surface area contributed by atoms with E-state index in [-0.39, 0.29) is 0 Å². The Morgan fingerprint density at radius 2 is 1.84 bits per heavy atom. The maximum Gasteiger partial charge on any atom is 0.224 e. The van der Waals surface area contributed by atoms with E-state index in [0.29, 0.717) is 5.95 Å². The van der Waals surface area contributed by atoms with Gasteiger partial charge in [0.2, 0.25) is 5.95 Å². The molecule has 0 aromatic carbocycles. The maximum absolute atomic E-state index is 4.40. The minimum absolute atomic E-state index is 0.677. The molecular formula is C14H19N5. The first-order chi connectivity index (χ1) is 9.38. The van der Waals surface area contributed by atoms with Gasteiger partial charge in [-0.05, 0) is 36.6 Å². The number of hydrogen-bond acceptors (Lipinski definition) is 5. The highest BCUT2D eigenvalue weighted by atomic mass is 15.1. The SMILES string of the molecule is CCCNc1nccc(NCCc2ccncc2)n1. The van der Waals surface area contributed by atoms with Crippen LogP contribution in [-0.2, 0) is 6.42 Å². The molecule has 19 heavy (non-hydrogen) atoms. The third kappa shape index (κ3) is 4.54. The van der Waals surface area contributed by atoms with Crippen molar-refractivity contribution < 1.29 is 0 Å². The highest BCUT2D eigenvalue weighted by Gasteiger charge is 1.98. The minimum Gasteiger partial charge on any atom is -0.370 e. The fraction of sp³-hybridized carbons (Fsp3) is 0.357. The number of rotatable bonds is 7. The molecule has 0 amide bonds. The Morgan fingerprint density at radius 1 is 1.00 bits per heavy atom. The molecule has 2 rings (SSSR count).